The SMILES string of the molecule is COc1cccc2c1C(c1ccccc1)CN(S(=O)(=O)c1ccc(C)cc1)C(=O)C2. The van der Waals surface area contributed by atoms with Crippen molar-refractivity contribution >= 4 is 15.9 Å². The van der Waals surface area contributed by atoms with E-state index in [1.807, 2.05) is 55.5 Å². The van der Waals surface area contributed by atoms with Gasteiger partial charge < -0.3 is 4.74 Å². The molecule has 0 saturated heterocycles. The lowest BCUT2D eigenvalue weighted by Crippen LogP contribution is -2.39. The third-order valence-electron chi connectivity index (χ3n) is 5.50. The number of nitrogens with zero attached hydrogens (tertiary/aromatic N) is 1. The second kappa shape index (κ2) is 7.95. The van der Waals surface area contributed by atoms with Crippen molar-refractivity contribution in [1.29, 1.82) is 0 Å². The van der Waals surface area contributed by atoms with Crippen molar-refractivity contribution in [2.24, 2.45) is 0 Å². The largest absolute Gasteiger partial charge is 0.496 e. The van der Waals surface area contributed by atoms with Crippen molar-refractivity contribution < 1.29 is 17.9 Å². The highest BCUT2D eigenvalue weighted by Gasteiger charge is 2.37. The van der Waals surface area contributed by atoms with E-state index >= 15 is 0 Å². The number of carbonyl (C=O) groups is 1. The van der Waals surface area contributed by atoms with Gasteiger partial charge in [-0.3, -0.25) is 4.79 Å². The molecule has 1 atom stereocenters. The molecule has 1 heterocycles. The molecule has 0 saturated carbocycles. The number of hydrogen-bond acceptors (Lipinski definition) is 4. The van der Waals surface area contributed by atoms with Gasteiger partial charge in [0.2, 0.25) is 5.91 Å². The van der Waals surface area contributed by atoms with E-state index in [4.69, 9.17) is 4.74 Å². The van der Waals surface area contributed by atoms with Crippen LogP contribution in [0.2, 0.25) is 0 Å². The van der Waals surface area contributed by atoms with E-state index in [9.17, 15) is 13.2 Å². The van der Waals surface area contributed by atoms with Crippen LogP contribution in [0.15, 0.2) is 77.7 Å². The number of amides is 1. The fourth-order valence-corrected chi connectivity index (χ4v) is 5.37. The minimum atomic E-state index is -3.99. The summed E-state index contributed by atoms with van der Waals surface area (Å²) < 4.78 is 33.5. The zero-order chi connectivity index (χ0) is 21.3. The summed E-state index contributed by atoms with van der Waals surface area (Å²) in [5, 5.41) is 0. The van der Waals surface area contributed by atoms with Crippen molar-refractivity contribution in [2.45, 2.75) is 24.2 Å². The lowest BCUT2D eigenvalue weighted by atomic mass is 9.87. The predicted octanol–water partition coefficient (Wildman–Crippen LogP) is 3.91. The molecule has 0 N–H and O–H groups in total. The smallest absolute Gasteiger partial charge is 0.266 e. The van der Waals surface area contributed by atoms with Gasteiger partial charge in [-0.15, -0.1) is 0 Å². The van der Waals surface area contributed by atoms with Gasteiger partial charge in [0.25, 0.3) is 10.0 Å². The molecule has 5 nitrogen and oxygen atoms in total. The molecule has 1 aliphatic heterocycles. The third kappa shape index (κ3) is 3.59. The van der Waals surface area contributed by atoms with Crippen LogP contribution in [0.3, 0.4) is 0 Å². The molecule has 3 aromatic rings. The number of ether oxygens (including phenoxy) is 1. The molecule has 3 aromatic carbocycles. The maximum absolute atomic E-state index is 13.4. The molecular formula is C24H23NO4S. The summed E-state index contributed by atoms with van der Waals surface area (Å²) in [6, 6.07) is 21.8. The molecule has 0 spiro atoms. The number of fused-ring (bicyclic) bond motifs is 1. The van der Waals surface area contributed by atoms with Gasteiger partial charge in [-0.1, -0.05) is 60.2 Å². The Morgan fingerprint density at radius 3 is 2.30 bits per heavy atom. The second-order valence-electron chi connectivity index (χ2n) is 7.42. The summed E-state index contributed by atoms with van der Waals surface area (Å²) in [5.41, 5.74) is 3.54. The summed E-state index contributed by atoms with van der Waals surface area (Å²) in [5.74, 6) is -0.115. The van der Waals surface area contributed by atoms with Crippen molar-refractivity contribution in [3.63, 3.8) is 0 Å². The van der Waals surface area contributed by atoms with Crippen LogP contribution in [0.25, 0.3) is 0 Å². The van der Waals surface area contributed by atoms with Crippen molar-refractivity contribution in [3.8, 4) is 5.75 Å². The highest BCUT2D eigenvalue weighted by atomic mass is 32.2. The van der Waals surface area contributed by atoms with Crippen molar-refractivity contribution in [3.05, 3.63) is 95.1 Å². The molecule has 0 fully saturated rings. The Labute approximate surface area is 177 Å². The molecule has 1 amide bonds. The Bertz CT molecular complexity index is 1170. The Hall–Kier alpha value is -3.12. The molecule has 30 heavy (non-hydrogen) atoms. The first-order valence-electron chi connectivity index (χ1n) is 9.75. The number of methoxy groups -OCH3 is 1. The van der Waals surface area contributed by atoms with Gasteiger partial charge in [0, 0.05) is 18.0 Å². The summed E-state index contributed by atoms with van der Waals surface area (Å²) >= 11 is 0. The number of benzene rings is 3. The molecule has 0 aliphatic carbocycles. The average molecular weight is 422 g/mol. The van der Waals surface area contributed by atoms with Gasteiger partial charge in [-0.2, -0.15) is 0 Å². The Morgan fingerprint density at radius 1 is 0.933 bits per heavy atom. The lowest BCUT2D eigenvalue weighted by Gasteiger charge is -2.26. The molecule has 0 aromatic heterocycles. The fourth-order valence-electron chi connectivity index (χ4n) is 3.95. The molecular weight excluding hydrogens is 398 g/mol. The van der Waals surface area contributed by atoms with E-state index in [2.05, 4.69) is 0 Å². The minimum absolute atomic E-state index is 0.000951. The van der Waals surface area contributed by atoms with E-state index in [0.717, 1.165) is 26.6 Å². The van der Waals surface area contributed by atoms with Crippen LogP contribution in [0.1, 0.15) is 28.2 Å². The molecule has 1 unspecified atom stereocenters. The van der Waals surface area contributed by atoms with Gasteiger partial charge in [0.05, 0.1) is 18.4 Å². The monoisotopic (exact) mass is 421 g/mol. The van der Waals surface area contributed by atoms with E-state index in [-0.39, 0.29) is 23.8 Å². The number of aryl methyl sites for hydroxylation is 1. The van der Waals surface area contributed by atoms with E-state index in [0.29, 0.717) is 5.75 Å². The second-order valence-corrected chi connectivity index (χ2v) is 9.28. The average Bonchev–Trinajstić information content (AvgIpc) is 2.90. The Morgan fingerprint density at radius 2 is 1.63 bits per heavy atom. The Balaban J connectivity index is 1.86. The maximum atomic E-state index is 13.4. The van der Waals surface area contributed by atoms with E-state index < -0.39 is 15.9 Å². The highest BCUT2D eigenvalue weighted by Crippen LogP contribution is 2.39. The van der Waals surface area contributed by atoms with Crippen LogP contribution in [-0.2, 0) is 21.2 Å². The third-order valence-corrected chi connectivity index (χ3v) is 7.30. The maximum Gasteiger partial charge on any atom is 0.266 e. The molecule has 0 bridgehead atoms. The van der Waals surface area contributed by atoms with Gasteiger partial charge in [-0.25, -0.2) is 12.7 Å². The van der Waals surface area contributed by atoms with Crippen LogP contribution in [0.5, 0.6) is 5.75 Å². The van der Waals surface area contributed by atoms with E-state index in [1.54, 1.807) is 31.4 Å². The quantitative estimate of drug-likeness (QED) is 0.641. The first kappa shape index (κ1) is 20.2. The summed E-state index contributed by atoms with van der Waals surface area (Å²) in [6.07, 6.45) is 0.000951. The topological polar surface area (TPSA) is 63.7 Å². The number of hydrogen-bond donors (Lipinski definition) is 0. The van der Waals surface area contributed by atoms with Crippen LogP contribution in [-0.4, -0.2) is 32.3 Å². The van der Waals surface area contributed by atoms with Crippen LogP contribution >= 0.6 is 0 Å². The van der Waals surface area contributed by atoms with Gasteiger partial charge in [0.15, 0.2) is 0 Å². The van der Waals surface area contributed by atoms with Gasteiger partial charge in [0.1, 0.15) is 5.75 Å². The van der Waals surface area contributed by atoms with Crippen molar-refractivity contribution in [2.75, 3.05) is 13.7 Å². The van der Waals surface area contributed by atoms with Gasteiger partial charge in [-0.05, 0) is 36.2 Å². The zero-order valence-corrected chi connectivity index (χ0v) is 17.7. The number of rotatable bonds is 4. The Kier molecular flexibility index (Phi) is 5.35. The first-order chi connectivity index (χ1) is 14.4. The summed E-state index contributed by atoms with van der Waals surface area (Å²) in [4.78, 5) is 13.3. The normalized spacial score (nSPS) is 16.7. The molecule has 154 valence electrons. The van der Waals surface area contributed by atoms with Crippen molar-refractivity contribution in [1.82, 2.24) is 4.31 Å². The standard InChI is InChI=1S/C24H23NO4S/c1-17-11-13-20(14-12-17)30(27,28)25-16-21(18-7-4-3-5-8-18)24-19(15-23(25)26)9-6-10-22(24)29-2/h3-14,21H,15-16H2,1-2H3. The lowest BCUT2D eigenvalue weighted by molar-refractivity contribution is -0.125. The number of sulfonamides is 1. The van der Waals surface area contributed by atoms with Crippen LogP contribution < -0.4 is 4.74 Å². The molecule has 0 radical (unpaired) electrons. The van der Waals surface area contributed by atoms with E-state index in [1.165, 1.54) is 0 Å². The minimum Gasteiger partial charge on any atom is -0.496 e. The zero-order valence-electron chi connectivity index (χ0n) is 16.9. The molecule has 4 rings (SSSR count). The fraction of sp³-hybridized carbons (Fsp3) is 0.208. The summed E-state index contributed by atoms with van der Waals surface area (Å²) in [7, 11) is -2.40. The first-order valence-corrected chi connectivity index (χ1v) is 11.2. The highest BCUT2D eigenvalue weighted by molar-refractivity contribution is 7.89. The molecule has 6 heteroatoms. The van der Waals surface area contributed by atoms with Crippen LogP contribution in [0, 0.1) is 6.92 Å². The number of carbonyl (C=O) groups excluding carboxylic acids is 1. The molecule has 1 aliphatic rings. The van der Waals surface area contributed by atoms with Crippen LogP contribution in [0.4, 0.5) is 0 Å². The summed E-state index contributed by atoms with van der Waals surface area (Å²) in [6.45, 7) is 1.91. The van der Waals surface area contributed by atoms with Gasteiger partial charge >= 0.3 is 0 Å². The predicted molar refractivity (Wildman–Crippen MR) is 115 cm³/mol.